The number of nitrogens with one attached hydrogen (secondary N) is 2. The Morgan fingerprint density at radius 2 is 1.71 bits per heavy atom. The predicted molar refractivity (Wildman–Crippen MR) is 83.2 cm³/mol. The van der Waals surface area contributed by atoms with Crippen LogP contribution in [0.1, 0.15) is 5.56 Å². The zero-order valence-electron chi connectivity index (χ0n) is 12.3. The van der Waals surface area contributed by atoms with Crippen LogP contribution in [0.3, 0.4) is 0 Å². The molecule has 0 bridgehead atoms. The second-order valence-corrected chi connectivity index (χ2v) is 4.85. The second-order valence-electron chi connectivity index (χ2n) is 4.85. The first-order valence-electron chi connectivity index (χ1n) is 7.01. The van der Waals surface area contributed by atoms with Crippen molar-refractivity contribution < 1.29 is 13.2 Å². The number of hydrogen-bond acceptors (Lipinski definition) is 5. The van der Waals surface area contributed by atoms with Crippen LogP contribution in [-0.4, -0.2) is 15.2 Å². The van der Waals surface area contributed by atoms with Crippen LogP contribution < -0.4 is 10.6 Å². The van der Waals surface area contributed by atoms with Crippen LogP contribution in [0.25, 0.3) is 0 Å². The number of nitrogens with zero attached hydrogens (tertiary/aromatic N) is 3. The number of aromatic nitrogens is 3. The quantitative estimate of drug-likeness (QED) is 0.699. The Balaban J connectivity index is 1.73. The fourth-order valence-corrected chi connectivity index (χ4v) is 1.97. The molecule has 0 aliphatic carbocycles. The van der Waals surface area contributed by atoms with E-state index in [0.717, 1.165) is 17.7 Å². The van der Waals surface area contributed by atoms with Crippen molar-refractivity contribution in [3.8, 4) is 0 Å². The van der Waals surface area contributed by atoms with Crippen molar-refractivity contribution in [1.82, 2.24) is 15.2 Å². The maximum atomic E-state index is 13.6. The normalized spacial score (nSPS) is 10.5. The van der Waals surface area contributed by atoms with E-state index in [1.54, 1.807) is 0 Å². The van der Waals surface area contributed by atoms with Gasteiger partial charge in [-0.2, -0.15) is 10.1 Å². The Kier molecular flexibility index (Phi) is 4.55. The van der Waals surface area contributed by atoms with Gasteiger partial charge >= 0.3 is 0 Å². The molecule has 0 saturated heterocycles. The van der Waals surface area contributed by atoms with E-state index in [2.05, 4.69) is 25.8 Å². The van der Waals surface area contributed by atoms with Gasteiger partial charge in [0.2, 0.25) is 5.95 Å². The first-order valence-corrected chi connectivity index (χ1v) is 7.01. The Morgan fingerprint density at radius 1 is 0.917 bits per heavy atom. The number of halogens is 3. The van der Waals surface area contributed by atoms with Crippen LogP contribution in [0.4, 0.5) is 30.6 Å². The molecule has 0 radical (unpaired) electrons. The smallest absolute Gasteiger partial charge is 0.249 e. The fraction of sp³-hybridized carbons (Fsp3) is 0.0625. The third kappa shape index (κ3) is 3.60. The molecule has 0 aliphatic heterocycles. The van der Waals surface area contributed by atoms with E-state index in [-0.39, 0.29) is 11.6 Å². The molecule has 0 amide bonds. The molecule has 0 aliphatic rings. The Hall–Kier alpha value is -3.16. The standard InChI is InChI=1S/C16H12F3N5/c17-11-6-7-12(15(19)14(11)18)22-16-23-13(9-21-24-16)20-8-10-4-2-1-3-5-10/h1-7,9H,8H2,(H2,20,22,23,24). The molecule has 0 saturated carbocycles. The monoisotopic (exact) mass is 331 g/mol. The number of anilines is 3. The van der Waals surface area contributed by atoms with E-state index < -0.39 is 17.5 Å². The van der Waals surface area contributed by atoms with Gasteiger partial charge in [-0.1, -0.05) is 30.3 Å². The van der Waals surface area contributed by atoms with Crippen molar-refractivity contribution in [1.29, 1.82) is 0 Å². The van der Waals surface area contributed by atoms with Gasteiger partial charge in [0.15, 0.2) is 23.3 Å². The molecule has 1 aromatic heterocycles. The Labute approximate surface area is 135 Å². The van der Waals surface area contributed by atoms with E-state index >= 15 is 0 Å². The van der Waals surface area contributed by atoms with Crippen molar-refractivity contribution in [3.63, 3.8) is 0 Å². The highest BCUT2D eigenvalue weighted by molar-refractivity contribution is 5.55. The summed E-state index contributed by atoms with van der Waals surface area (Å²) in [7, 11) is 0. The highest BCUT2D eigenvalue weighted by atomic mass is 19.2. The maximum Gasteiger partial charge on any atom is 0.249 e. The SMILES string of the molecule is Fc1ccc(Nc2nncc(NCc3ccccc3)n2)c(F)c1F. The minimum Gasteiger partial charge on any atom is -0.365 e. The molecule has 0 fully saturated rings. The van der Waals surface area contributed by atoms with Gasteiger partial charge in [0.05, 0.1) is 11.9 Å². The predicted octanol–water partition coefficient (Wildman–Crippen LogP) is 3.64. The average molecular weight is 331 g/mol. The molecular formula is C16H12F3N5. The van der Waals surface area contributed by atoms with Gasteiger partial charge in [-0.3, -0.25) is 0 Å². The van der Waals surface area contributed by atoms with Crippen molar-refractivity contribution in [2.24, 2.45) is 0 Å². The third-order valence-electron chi connectivity index (χ3n) is 3.16. The van der Waals surface area contributed by atoms with Gasteiger partial charge in [0.25, 0.3) is 0 Å². The number of hydrogen-bond donors (Lipinski definition) is 2. The van der Waals surface area contributed by atoms with Crippen LogP contribution in [0.5, 0.6) is 0 Å². The lowest BCUT2D eigenvalue weighted by molar-refractivity contribution is 0.449. The zero-order valence-corrected chi connectivity index (χ0v) is 12.3. The van der Waals surface area contributed by atoms with E-state index in [1.807, 2.05) is 30.3 Å². The zero-order chi connectivity index (χ0) is 16.9. The topological polar surface area (TPSA) is 62.7 Å². The Bertz CT molecular complexity index is 842. The molecule has 8 heteroatoms. The summed E-state index contributed by atoms with van der Waals surface area (Å²) in [5.74, 6) is -3.82. The lowest BCUT2D eigenvalue weighted by Crippen LogP contribution is -2.07. The lowest BCUT2D eigenvalue weighted by Gasteiger charge is -2.09. The second kappa shape index (κ2) is 6.95. The molecule has 24 heavy (non-hydrogen) atoms. The van der Waals surface area contributed by atoms with Crippen LogP contribution in [0.2, 0.25) is 0 Å². The lowest BCUT2D eigenvalue weighted by atomic mass is 10.2. The van der Waals surface area contributed by atoms with Crippen LogP contribution in [0.15, 0.2) is 48.7 Å². The summed E-state index contributed by atoms with van der Waals surface area (Å²) in [4.78, 5) is 4.10. The maximum absolute atomic E-state index is 13.6. The number of rotatable bonds is 5. The molecule has 3 rings (SSSR count). The summed E-state index contributed by atoms with van der Waals surface area (Å²) >= 11 is 0. The first kappa shape index (κ1) is 15.7. The molecule has 2 N–H and O–H groups in total. The van der Waals surface area contributed by atoms with Gasteiger partial charge in [-0.05, 0) is 17.7 Å². The fourth-order valence-electron chi connectivity index (χ4n) is 1.97. The largest absolute Gasteiger partial charge is 0.365 e. The molecular weight excluding hydrogens is 319 g/mol. The van der Waals surface area contributed by atoms with Gasteiger partial charge < -0.3 is 10.6 Å². The molecule has 0 unspecified atom stereocenters. The third-order valence-corrected chi connectivity index (χ3v) is 3.16. The van der Waals surface area contributed by atoms with Crippen LogP contribution >= 0.6 is 0 Å². The van der Waals surface area contributed by atoms with Gasteiger partial charge in [0, 0.05) is 6.54 Å². The highest BCUT2D eigenvalue weighted by Gasteiger charge is 2.14. The van der Waals surface area contributed by atoms with Crippen LogP contribution in [-0.2, 0) is 6.54 Å². The van der Waals surface area contributed by atoms with Gasteiger partial charge in [0.1, 0.15) is 0 Å². The summed E-state index contributed by atoms with van der Waals surface area (Å²) in [6.45, 7) is 0.512. The van der Waals surface area contributed by atoms with Crippen molar-refractivity contribution in [2.45, 2.75) is 6.54 Å². The molecule has 3 aromatic rings. The molecule has 0 spiro atoms. The summed E-state index contributed by atoms with van der Waals surface area (Å²) in [6, 6.07) is 11.5. The summed E-state index contributed by atoms with van der Waals surface area (Å²) < 4.78 is 39.8. The number of benzene rings is 2. The molecule has 0 atom stereocenters. The summed E-state index contributed by atoms with van der Waals surface area (Å²) in [5, 5.41) is 12.9. The van der Waals surface area contributed by atoms with Crippen molar-refractivity contribution in [3.05, 3.63) is 71.7 Å². The van der Waals surface area contributed by atoms with E-state index in [9.17, 15) is 13.2 Å². The minimum atomic E-state index is -1.56. The molecule has 1 heterocycles. The molecule has 122 valence electrons. The summed E-state index contributed by atoms with van der Waals surface area (Å²) in [6.07, 6.45) is 1.40. The van der Waals surface area contributed by atoms with Crippen molar-refractivity contribution in [2.75, 3.05) is 10.6 Å². The molecule has 2 aromatic carbocycles. The minimum absolute atomic E-state index is 0.0435. The Morgan fingerprint density at radius 3 is 2.50 bits per heavy atom. The highest BCUT2D eigenvalue weighted by Crippen LogP contribution is 2.22. The summed E-state index contributed by atoms with van der Waals surface area (Å²) in [5.41, 5.74) is 0.758. The van der Waals surface area contributed by atoms with E-state index in [1.165, 1.54) is 6.20 Å². The van der Waals surface area contributed by atoms with Crippen LogP contribution in [0, 0.1) is 17.5 Å². The van der Waals surface area contributed by atoms with Gasteiger partial charge in [-0.15, -0.1) is 5.10 Å². The first-order chi connectivity index (χ1) is 11.6. The van der Waals surface area contributed by atoms with Gasteiger partial charge in [-0.25, -0.2) is 13.2 Å². The average Bonchev–Trinajstić information content (AvgIpc) is 2.62. The van der Waals surface area contributed by atoms with E-state index in [4.69, 9.17) is 0 Å². The van der Waals surface area contributed by atoms with E-state index in [0.29, 0.717) is 12.4 Å². The molecule has 5 nitrogen and oxygen atoms in total. The van der Waals surface area contributed by atoms with Crippen molar-refractivity contribution >= 4 is 17.5 Å².